The molecule has 0 spiro atoms. The molecule has 2 aromatic rings. The quantitative estimate of drug-likeness (QED) is 0.834. The molecule has 27 heavy (non-hydrogen) atoms. The van der Waals surface area contributed by atoms with Gasteiger partial charge in [-0.1, -0.05) is 24.3 Å². The van der Waals surface area contributed by atoms with Crippen LogP contribution in [-0.4, -0.2) is 36.5 Å². The molecule has 144 valence electrons. The second-order valence-corrected chi connectivity index (χ2v) is 6.99. The fraction of sp³-hybridized carbons (Fsp3) is 0.409. The van der Waals surface area contributed by atoms with Gasteiger partial charge in [-0.2, -0.15) is 0 Å². The van der Waals surface area contributed by atoms with E-state index in [4.69, 9.17) is 15.2 Å². The first-order valence-electron chi connectivity index (χ1n) is 9.63. The number of para-hydroxylation sites is 3. The van der Waals surface area contributed by atoms with Crippen molar-refractivity contribution < 1.29 is 14.3 Å². The van der Waals surface area contributed by atoms with Gasteiger partial charge in [0.25, 0.3) is 5.91 Å². The number of hydrogen-bond donors (Lipinski definition) is 1. The minimum absolute atomic E-state index is 0.00941. The van der Waals surface area contributed by atoms with E-state index in [1.807, 2.05) is 67.3 Å². The first kappa shape index (κ1) is 19.2. The minimum Gasteiger partial charge on any atom is -0.490 e. The molecule has 5 heteroatoms. The predicted molar refractivity (Wildman–Crippen MR) is 106 cm³/mol. The zero-order valence-corrected chi connectivity index (χ0v) is 16.1. The van der Waals surface area contributed by atoms with Crippen molar-refractivity contribution in [3.05, 3.63) is 54.1 Å². The maximum absolute atomic E-state index is 13.2. The van der Waals surface area contributed by atoms with Crippen LogP contribution in [0.15, 0.2) is 48.5 Å². The average Bonchev–Trinajstić information content (AvgIpc) is 2.69. The average molecular weight is 368 g/mol. The summed E-state index contributed by atoms with van der Waals surface area (Å²) in [5.74, 6) is 2.14. The Bertz CT molecular complexity index is 776. The summed E-state index contributed by atoms with van der Waals surface area (Å²) in [6, 6.07) is 15.0. The summed E-state index contributed by atoms with van der Waals surface area (Å²) in [5, 5.41) is 0. The Morgan fingerprint density at radius 2 is 1.81 bits per heavy atom. The van der Waals surface area contributed by atoms with Gasteiger partial charge in [0.15, 0.2) is 11.5 Å². The van der Waals surface area contributed by atoms with Gasteiger partial charge in [0.05, 0.1) is 12.2 Å². The lowest BCUT2D eigenvalue weighted by Crippen LogP contribution is -2.45. The van der Waals surface area contributed by atoms with Crippen LogP contribution >= 0.6 is 0 Å². The lowest BCUT2D eigenvalue weighted by Gasteiger charge is -2.35. The van der Waals surface area contributed by atoms with Gasteiger partial charge in [0.2, 0.25) is 0 Å². The Hall–Kier alpha value is -2.53. The van der Waals surface area contributed by atoms with Crippen molar-refractivity contribution in [3.63, 3.8) is 0 Å². The molecule has 1 fully saturated rings. The molecule has 0 aliphatic carbocycles. The molecule has 3 rings (SSSR count). The van der Waals surface area contributed by atoms with Crippen LogP contribution in [-0.2, 0) is 0 Å². The Labute approximate surface area is 161 Å². The van der Waals surface area contributed by atoms with Gasteiger partial charge in [0.1, 0.15) is 5.75 Å². The van der Waals surface area contributed by atoms with Gasteiger partial charge < -0.3 is 20.1 Å². The largest absolute Gasteiger partial charge is 0.490 e. The molecule has 1 amide bonds. The van der Waals surface area contributed by atoms with Gasteiger partial charge in [-0.25, -0.2) is 0 Å². The zero-order chi connectivity index (χ0) is 19.2. The lowest BCUT2D eigenvalue weighted by molar-refractivity contribution is 0.0658. The van der Waals surface area contributed by atoms with Crippen molar-refractivity contribution in [3.8, 4) is 17.2 Å². The lowest BCUT2D eigenvalue weighted by atomic mass is 9.92. The van der Waals surface area contributed by atoms with E-state index in [1.165, 1.54) is 0 Å². The van der Waals surface area contributed by atoms with Crippen LogP contribution in [0.2, 0.25) is 0 Å². The number of carbonyl (C=O) groups excluding carboxylic acids is 1. The van der Waals surface area contributed by atoms with Gasteiger partial charge in [-0.3, -0.25) is 4.79 Å². The highest BCUT2D eigenvalue weighted by molar-refractivity contribution is 5.97. The number of likely N-dealkylation sites (tertiary alicyclic amines) is 1. The minimum atomic E-state index is -0.00941. The molecular weight excluding hydrogens is 340 g/mol. The number of benzene rings is 2. The Kier molecular flexibility index (Phi) is 6.35. The molecule has 0 saturated carbocycles. The van der Waals surface area contributed by atoms with Gasteiger partial charge in [-0.05, 0) is 56.9 Å². The summed E-state index contributed by atoms with van der Waals surface area (Å²) in [7, 11) is 0. The molecule has 1 heterocycles. The summed E-state index contributed by atoms with van der Waals surface area (Å²) in [4.78, 5) is 15.1. The van der Waals surface area contributed by atoms with Crippen molar-refractivity contribution in [2.45, 2.75) is 32.7 Å². The van der Waals surface area contributed by atoms with E-state index in [0.717, 1.165) is 19.4 Å². The van der Waals surface area contributed by atoms with Crippen molar-refractivity contribution in [2.24, 2.45) is 11.7 Å². The van der Waals surface area contributed by atoms with Crippen LogP contribution in [0, 0.1) is 5.92 Å². The van der Waals surface area contributed by atoms with E-state index in [-0.39, 0.29) is 11.9 Å². The standard InChI is InChI=1S/C22H28N2O3/c1-3-26-20-12-6-7-13-21(20)27-19-11-5-4-10-18(19)22(25)24-14-8-9-17(15-24)16(2)23/h4-7,10-13,16-17H,3,8-9,14-15,23H2,1-2H3. The Morgan fingerprint density at radius 3 is 2.52 bits per heavy atom. The molecule has 2 atom stereocenters. The summed E-state index contributed by atoms with van der Waals surface area (Å²) in [6.45, 7) is 5.94. The highest BCUT2D eigenvalue weighted by Gasteiger charge is 2.28. The van der Waals surface area contributed by atoms with E-state index in [2.05, 4.69) is 0 Å². The van der Waals surface area contributed by atoms with Crippen molar-refractivity contribution in [1.82, 2.24) is 4.90 Å². The summed E-state index contributed by atoms with van der Waals surface area (Å²) >= 11 is 0. The number of nitrogens with two attached hydrogens (primary N) is 1. The monoisotopic (exact) mass is 368 g/mol. The van der Waals surface area contributed by atoms with Crippen LogP contribution in [0.4, 0.5) is 0 Å². The fourth-order valence-electron chi connectivity index (χ4n) is 3.45. The van der Waals surface area contributed by atoms with Crippen LogP contribution in [0.3, 0.4) is 0 Å². The van der Waals surface area contributed by atoms with Crippen molar-refractivity contribution >= 4 is 5.91 Å². The van der Waals surface area contributed by atoms with E-state index in [9.17, 15) is 4.79 Å². The third kappa shape index (κ3) is 4.61. The number of amides is 1. The summed E-state index contributed by atoms with van der Waals surface area (Å²) in [5.41, 5.74) is 6.63. The first-order valence-corrected chi connectivity index (χ1v) is 9.63. The topological polar surface area (TPSA) is 64.8 Å². The van der Waals surface area contributed by atoms with Crippen LogP contribution < -0.4 is 15.2 Å². The van der Waals surface area contributed by atoms with Crippen LogP contribution in [0.25, 0.3) is 0 Å². The molecule has 2 N–H and O–H groups in total. The zero-order valence-electron chi connectivity index (χ0n) is 16.1. The molecule has 0 radical (unpaired) electrons. The number of ether oxygens (including phenoxy) is 2. The van der Waals surface area contributed by atoms with Gasteiger partial charge in [0, 0.05) is 19.1 Å². The summed E-state index contributed by atoms with van der Waals surface area (Å²) < 4.78 is 11.7. The normalized spacial score (nSPS) is 18.0. The fourth-order valence-corrected chi connectivity index (χ4v) is 3.45. The van der Waals surface area contributed by atoms with Crippen LogP contribution in [0.1, 0.15) is 37.0 Å². The van der Waals surface area contributed by atoms with Crippen molar-refractivity contribution in [2.75, 3.05) is 19.7 Å². The molecule has 1 saturated heterocycles. The van der Waals surface area contributed by atoms with E-state index >= 15 is 0 Å². The third-order valence-electron chi connectivity index (χ3n) is 4.98. The number of hydrogen-bond acceptors (Lipinski definition) is 4. The number of nitrogens with zero attached hydrogens (tertiary/aromatic N) is 1. The Balaban J connectivity index is 1.83. The number of rotatable bonds is 6. The maximum atomic E-state index is 13.2. The SMILES string of the molecule is CCOc1ccccc1Oc1ccccc1C(=O)N1CCCC(C(C)N)C1. The van der Waals surface area contributed by atoms with Gasteiger partial charge in [-0.15, -0.1) is 0 Å². The Morgan fingerprint density at radius 1 is 1.15 bits per heavy atom. The second-order valence-electron chi connectivity index (χ2n) is 6.99. The molecule has 2 aromatic carbocycles. The number of carbonyl (C=O) groups is 1. The molecular formula is C22H28N2O3. The van der Waals surface area contributed by atoms with Crippen molar-refractivity contribution in [1.29, 1.82) is 0 Å². The molecule has 0 aromatic heterocycles. The number of piperidine rings is 1. The predicted octanol–water partition coefficient (Wildman–Crippen LogP) is 4.08. The second kappa shape index (κ2) is 8.91. The first-order chi connectivity index (χ1) is 13.1. The molecule has 1 aliphatic rings. The third-order valence-corrected chi connectivity index (χ3v) is 4.98. The van der Waals surface area contributed by atoms with Gasteiger partial charge >= 0.3 is 0 Å². The van der Waals surface area contributed by atoms with E-state index < -0.39 is 0 Å². The highest BCUT2D eigenvalue weighted by atomic mass is 16.5. The summed E-state index contributed by atoms with van der Waals surface area (Å²) in [6.07, 6.45) is 2.05. The molecule has 5 nitrogen and oxygen atoms in total. The molecule has 2 unspecified atom stereocenters. The molecule has 1 aliphatic heterocycles. The molecule has 0 bridgehead atoms. The smallest absolute Gasteiger partial charge is 0.257 e. The van der Waals surface area contributed by atoms with Crippen LogP contribution in [0.5, 0.6) is 17.2 Å². The maximum Gasteiger partial charge on any atom is 0.257 e. The highest BCUT2D eigenvalue weighted by Crippen LogP contribution is 2.34. The van der Waals surface area contributed by atoms with E-state index in [0.29, 0.717) is 41.9 Å². The van der Waals surface area contributed by atoms with E-state index in [1.54, 1.807) is 0 Å².